The van der Waals surface area contributed by atoms with E-state index < -0.39 is 0 Å². The van der Waals surface area contributed by atoms with Crippen LogP contribution in [0.2, 0.25) is 5.02 Å². The predicted molar refractivity (Wildman–Crippen MR) is 133 cm³/mol. The summed E-state index contributed by atoms with van der Waals surface area (Å²) in [5, 5.41) is 1.35. The molecule has 9 heteroatoms. The van der Waals surface area contributed by atoms with Crippen molar-refractivity contribution in [3.05, 3.63) is 46.5 Å². The normalized spacial score (nSPS) is 12.3. The number of aromatic nitrogens is 1. The first kappa shape index (κ1) is 24.6. The zero-order chi connectivity index (χ0) is 22.0. The molecular formula is C23H27Cl2N3O3S. The molecule has 3 aromatic rings. The average molecular weight is 496 g/mol. The van der Waals surface area contributed by atoms with Crippen LogP contribution >= 0.6 is 35.3 Å². The van der Waals surface area contributed by atoms with Crippen molar-refractivity contribution < 1.29 is 14.3 Å². The summed E-state index contributed by atoms with van der Waals surface area (Å²) in [6, 6.07) is 9.49. The van der Waals surface area contributed by atoms with Gasteiger partial charge in [0.1, 0.15) is 0 Å². The van der Waals surface area contributed by atoms with Crippen LogP contribution in [0.5, 0.6) is 11.5 Å². The third-order valence-electron chi connectivity index (χ3n) is 5.54. The second-order valence-electron chi connectivity index (χ2n) is 7.48. The quantitative estimate of drug-likeness (QED) is 0.422. The van der Waals surface area contributed by atoms with Gasteiger partial charge in [0, 0.05) is 13.1 Å². The van der Waals surface area contributed by atoms with Gasteiger partial charge < -0.3 is 14.4 Å². The first-order valence-corrected chi connectivity index (χ1v) is 11.7. The minimum atomic E-state index is -0.00106. The number of nitrogens with zero attached hydrogens (tertiary/aromatic N) is 3. The molecule has 1 aromatic heterocycles. The number of anilines is 1. The third-order valence-corrected chi connectivity index (χ3v) is 7.08. The molecule has 0 radical (unpaired) electrons. The van der Waals surface area contributed by atoms with Crippen LogP contribution in [0.4, 0.5) is 5.13 Å². The van der Waals surface area contributed by atoms with Crippen molar-refractivity contribution in [1.29, 1.82) is 0 Å². The van der Waals surface area contributed by atoms with E-state index in [-0.39, 0.29) is 31.5 Å². The Kier molecular flexibility index (Phi) is 8.22. The topological polar surface area (TPSA) is 54.9 Å². The lowest BCUT2D eigenvalue weighted by atomic mass is 10.1. The summed E-state index contributed by atoms with van der Waals surface area (Å²) in [6.45, 7) is 9.71. The summed E-state index contributed by atoms with van der Waals surface area (Å²) in [5.41, 5.74) is 2.79. The molecule has 0 atom stereocenters. The molecular weight excluding hydrogens is 469 g/mol. The minimum Gasteiger partial charge on any atom is -0.454 e. The van der Waals surface area contributed by atoms with Gasteiger partial charge in [0.15, 0.2) is 16.6 Å². The van der Waals surface area contributed by atoms with Crippen molar-refractivity contribution in [1.82, 2.24) is 9.88 Å². The fourth-order valence-electron chi connectivity index (χ4n) is 3.64. The van der Waals surface area contributed by atoms with Crippen molar-refractivity contribution >= 4 is 56.6 Å². The number of carbonyl (C=O) groups excluding carboxylic acids is 1. The smallest absolute Gasteiger partial charge is 0.233 e. The second kappa shape index (κ2) is 10.7. The second-order valence-corrected chi connectivity index (χ2v) is 8.86. The third kappa shape index (κ3) is 5.12. The number of halogens is 2. The fourth-order valence-corrected chi connectivity index (χ4v) is 5.00. The highest BCUT2D eigenvalue weighted by atomic mass is 35.5. The number of amides is 1. The average Bonchev–Trinajstić information content (AvgIpc) is 3.41. The van der Waals surface area contributed by atoms with Crippen LogP contribution < -0.4 is 14.4 Å². The Labute approximate surface area is 203 Å². The number of benzene rings is 2. The van der Waals surface area contributed by atoms with Crippen molar-refractivity contribution in [3.63, 3.8) is 0 Å². The molecule has 0 aliphatic carbocycles. The van der Waals surface area contributed by atoms with Crippen LogP contribution in [0.15, 0.2) is 30.3 Å². The molecule has 0 saturated heterocycles. The van der Waals surface area contributed by atoms with Crippen molar-refractivity contribution in [2.45, 2.75) is 27.2 Å². The maximum absolute atomic E-state index is 13.4. The van der Waals surface area contributed by atoms with Gasteiger partial charge in [0.05, 0.1) is 21.7 Å². The van der Waals surface area contributed by atoms with Gasteiger partial charge >= 0.3 is 0 Å². The van der Waals surface area contributed by atoms with Crippen LogP contribution in [-0.2, 0) is 11.2 Å². The SMILES string of the molecule is CCN(CC)CCN(C(=O)Cc1ccc2c(c1)OCO2)c1nc2c(C)ccc(Cl)c2s1.Cl. The van der Waals surface area contributed by atoms with Crippen molar-refractivity contribution in [3.8, 4) is 11.5 Å². The summed E-state index contributed by atoms with van der Waals surface area (Å²) in [4.78, 5) is 22.3. The first-order valence-electron chi connectivity index (χ1n) is 10.5. The minimum absolute atomic E-state index is 0. The maximum atomic E-state index is 13.4. The number of hydrogen-bond donors (Lipinski definition) is 0. The Morgan fingerprint density at radius 2 is 1.88 bits per heavy atom. The molecule has 0 bridgehead atoms. The molecule has 0 unspecified atom stereocenters. The summed E-state index contributed by atoms with van der Waals surface area (Å²) < 4.78 is 11.8. The first-order chi connectivity index (χ1) is 15.0. The summed E-state index contributed by atoms with van der Waals surface area (Å²) in [6.07, 6.45) is 0.261. The number of aryl methyl sites for hydroxylation is 1. The van der Waals surface area contributed by atoms with Gasteiger partial charge in [-0.3, -0.25) is 9.69 Å². The highest BCUT2D eigenvalue weighted by molar-refractivity contribution is 7.23. The highest BCUT2D eigenvalue weighted by Gasteiger charge is 2.23. The lowest BCUT2D eigenvalue weighted by Crippen LogP contribution is -2.39. The van der Waals surface area contributed by atoms with Crippen LogP contribution in [-0.4, -0.2) is 48.8 Å². The number of rotatable bonds is 8. The number of fused-ring (bicyclic) bond motifs is 2. The van der Waals surface area contributed by atoms with Gasteiger partial charge in [-0.2, -0.15) is 0 Å². The van der Waals surface area contributed by atoms with Gasteiger partial charge in [0.2, 0.25) is 12.7 Å². The molecule has 0 spiro atoms. The maximum Gasteiger partial charge on any atom is 0.233 e. The molecule has 1 aliphatic rings. The lowest BCUT2D eigenvalue weighted by molar-refractivity contribution is -0.118. The molecule has 2 aromatic carbocycles. The van der Waals surface area contributed by atoms with E-state index in [0.717, 1.165) is 41.0 Å². The molecule has 32 heavy (non-hydrogen) atoms. The molecule has 2 heterocycles. The summed E-state index contributed by atoms with van der Waals surface area (Å²) in [5.74, 6) is 1.40. The van der Waals surface area contributed by atoms with Crippen LogP contribution in [0.25, 0.3) is 10.2 Å². The Morgan fingerprint density at radius 1 is 1.12 bits per heavy atom. The molecule has 1 aliphatic heterocycles. The number of ether oxygens (including phenoxy) is 2. The standard InChI is InChI=1S/C23H26ClN3O3S.ClH/c1-4-26(5-2)10-11-27(23-25-21-15(3)6-8-17(24)22(21)31-23)20(28)13-16-7-9-18-19(12-16)30-14-29-18;/h6-9,12H,4-5,10-11,13-14H2,1-3H3;1H. The van der Waals surface area contributed by atoms with Gasteiger partial charge in [-0.25, -0.2) is 4.98 Å². The molecule has 1 amide bonds. The Morgan fingerprint density at radius 3 is 2.59 bits per heavy atom. The van der Waals surface area contributed by atoms with Gasteiger partial charge in [-0.1, -0.05) is 48.9 Å². The Bertz CT molecular complexity index is 1060. The highest BCUT2D eigenvalue weighted by Crippen LogP contribution is 2.36. The van der Waals surface area contributed by atoms with Gasteiger partial charge in [-0.05, 0) is 49.3 Å². The molecule has 0 fully saturated rings. The summed E-state index contributed by atoms with van der Waals surface area (Å²) in [7, 11) is 0. The number of likely N-dealkylation sites (N-methyl/N-ethyl adjacent to an activating group) is 1. The van der Waals surface area contributed by atoms with E-state index in [0.29, 0.717) is 28.2 Å². The van der Waals surface area contributed by atoms with Crippen LogP contribution in [0, 0.1) is 6.92 Å². The van der Waals surface area contributed by atoms with E-state index in [1.54, 1.807) is 4.90 Å². The van der Waals surface area contributed by atoms with Crippen molar-refractivity contribution in [2.24, 2.45) is 0 Å². The monoisotopic (exact) mass is 495 g/mol. The van der Waals surface area contributed by atoms with Gasteiger partial charge in [-0.15, -0.1) is 12.4 Å². The van der Waals surface area contributed by atoms with Crippen LogP contribution in [0.1, 0.15) is 25.0 Å². The van der Waals surface area contributed by atoms with E-state index in [2.05, 4.69) is 18.7 Å². The molecule has 0 N–H and O–H groups in total. The number of thiazole rings is 1. The number of carbonyl (C=O) groups is 1. The Balaban J connectivity index is 0.00000289. The Hall–Kier alpha value is -2.06. The zero-order valence-electron chi connectivity index (χ0n) is 18.4. The predicted octanol–water partition coefficient (Wildman–Crippen LogP) is 5.33. The van der Waals surface area contributed by atoms with E-state index in [1.165, 1.54) is 11.3 Å². The summed E-state index contributed by atoms with van der Waals surface area (Å²) >= 11 is 7.89. The van der Waals surface area contributed by atoms with E-state index in [1.807, 2.05) is 37.3 Å². The lowest BCUT2D eigenvalue weighted by Gasteiger charge is -2.24. The molecule has 4 rings (SSSR count). The number of hydrogen-bond acceptors (Lipinski definition) is 6. The fraction of sp³-hybridized carbons (Fsp3) is 0.391. The van der Waals surface area contributed by atoms with E-state index in [9.17, 15) is 4.79 Å². The molecule has 0 saturated carbocycles. The van der Waals surface area contributed by atoms with Crippen molar-refractivity contribution in [2.75, 3.05) is 37.9 Å². The largest absolute Gasteiger partial charge is 0.454 e. The molecule has 172 valence electrons. The van der Waals surface area contributed by atoms with Gasteiger partial charge in [0.25, 0.3) is 0 Å². The zero-order valence-corrected chi connectivity index (χ0v) is 20.8. The molecule has 6 nitrogen and oxygen atoms in total. The van der Waals surface area contributed by atoms with E-state index >= 15 is 0 Å². The van der Waals surface area contributed by atoms with Crippen LogP contribution in [0.3, 0.4) is 0 Å². The van der Waals surface area contributed by atoms with E-state index in [4.69, 9.17) is 26.1 Å².